The smallest absolute Gasteiger partial charge is 0.275 e. The van der Waals surface area contributed by atoms with Crippen molar-refractivity contribution < 1.29 is 14.3 Å². The van der Waals surface area contributed by atoms with Crippen molar-refractivity contribution in [1.29, 1.82) is 0 Å². The Kier molecular flexibility index (Phi) is 3.94. The molecule has 1 N–H and O–H groups in total. The molecule has 21 heavy (non-hydrogen) atoms. The lowest BCUT2D eigenvalue weighted by Crippen LogP contribution is -2.36. The van der Waals surface area contributed by atoms with E-state index in [9.17, 15) is 14.3 Å². The van der Waals surface area contributed by atoms with Crippen molar-refractivity contribution in [2.75, 3.05) is 6.54 Å². The maximum atomic E-state index is 12.9. The maximum Gasteiger partial charge on any atom is 0.275 e. The third-order valence-electron chi connectivity index (χ3n) is 3.45. The molecule has 110 valence electrons. The molecular formula is C14H14FN3O2S. The molecule has 1 heterocycles. The summed E-state index contributed by atoms with van der Waals surface area (Å²) in [6.07, 6.45) is 1.01. The van der Waals surface area contributed by atoms with Crippen LogP contribution in [0.15, 0.2) is 29.6 Å². The Hall–Kier alpha value is -1.86. The number of aliphatic hydroxyl groups excluding tert-OH is 1. The lowest BCUT2D eigenvalue weighted by molar-refractivity contribution is 0.0597. The average molecular weight is 307 g/mol. The van der Waals surface area contributed by atoms with Crippen LogP contribution in [0.5, 0.6) is 0 Å². The molecule has 1 aliphatic rings. The first-order valence-corrected chi connectivity index (χ1v) is 7.50. The van der Waals surface area contributed by atoms with Crippen LogP contribution in [0.3, 0.4) is 0 Å². The number of halogens is 1. The predicted molar refractivity (Wildman–Crippen MR) is 75.3 cm³/mol. The Morgan fingerprint density at radius 2 is 2.14 bits per heavy atom. The molecule has 1 atom stereocenters. The monoisotopic (exact) mass is 307 g/mol. The first-order chi connectivity index (χ1) is 10.1. The predicted octanol–water partition coefficient (Wildman–Crippen LogP) is 2.02. The first-order valence-electron chi connectivity index (χ1n) is 6.66. The minimum Gasteiger partial charge on any atom is -0.387 e. The van der Waals surface area contributed by atoms with Gasteiger partial charge >= 0.3 is 0 Å². The highest BCUT2D eigenvalue weighted by Crippen LogP contribution is 2.30. The molecular weight excluding hydrogens is 293 g/mol. The summed E-state index contributed by atoms with van der Waals surface area (Å²) < 4.78 is 16.6. The van der Waals surface area contributed by atoms with Crippen LogP contribution in [0.2, 0.25) is 0 Å². The Bertz CT molecular complexity index is 614. The zero-order valence-corrected chi connectivity index (χ0v) is 12.0. The van der Waals surface area contributed by atoms with Gasteiger partial charge in [-0.15, -0.1) is 5.10 Å². The minimum absolute atomic E-state index is 0.147. The van der Waals surface area contributed by atoms with Gasteiger partial charge in [-0.1, -0.05) is 16.6 Å². The molecule has 1 unspecified atom stereocenters. The number of carbonyl (C=O) groups is 1. The zero-order chi connectivity index (χ0) is 14.8. The van der Waals surface area contributed by atoms with E-state index in [2.05, 4.69) is 9.59 Å². The van der Waals surface area contributed by atoms with E-state index in [1.165, 1.54) is 24.3 Å². The van der Waals surface area contributed by atoms with E-state index >= 15 is 0 Å². The van der Waals surface area contributed by atoms with Crippen molar-refractivity contribution in [2.45, 2.75) is 25.0 Å². The Morgan fingerprint density at radius 3 is 2.71 bits per heavy atom. The molecule has 0 saturated heterocycles. The van der Waals surface area contributed by atoms with E-state index in [-0.39, 0.29) is 24.3 Å². The highest BCUT2D eigenvalue weighted by molar-refractivity contribution is 7.03. The van der Waals surface area contributed by atoms with E-state index in [1.54, 1.807) is 10.3 Å². The van der Waals surface area contributed by atoms with Crippen molar-refractivity contribution in [3.8, 4) is 0 Å². The summed E-state index contributed by atoms with van der Waals surface area (Å²) in [4.78, 5) is 14.0. The van der Waals surface area contributed by atoms with Gasteiger partial charge in [0.05, 0.1) is 12.6 Å². The Labute approximate surface area is 125 Å². The molecule has 0 bridgehead atoms. The highest BCUT2D eigenvalue weighted by Gasteiger charge is 2.35. The van der Waals surface area contributed by atoms with Crippen molar-refractivity contribution >= 4 is 17.4 Å². The fraction of sp³-hybridized carbons (Fsp3) is 0.357. The van der Waals surface area contributed by atoms with E-state index in [1.807, 2.05) is 0 Å². The fourth-order valence-corrected chi connectivity index (χ4v) is 2.60. The second kappa shape index (κ2) is 5.87. The fourth-order valence-electron chi connectivity index (χ4n) is 2.17. The van der Waals surface area contributed by atoms with Crippen LogP contribution >= 0.6 is 11.5 Å². The van der Waals surface area contributed by atoms with Crippen molar-refractivity contribution in [1.82, 2.24) is 14.5 Å². The van der Waals surface area contributed by atoms with Gasteiger partial charge in [0.15, 0.2) is 5.69 Å². The molecule has 0 spiro atoms. The van der Waals surface area contributed by atoms with Crippen molar-refractivity contribution in [3.63, 3.8) is 0 Å². The summed E-state index contributed by atoms with van der Waals surface area (Å²) in [6.45, 7) is 0.173. The summed E-state index contributed by atoms with van der Waals surface area (Å²) in [7, 11) is 0. The van der Waals surface area contributed by atoms with Gasteiger partial charge in [-0.05, 0) is 42.1 Å². The Balaban J connectivity index is 1.73. The average Bonchev–Trinajstić information content (AvgIpc) is 3.18. The van der Waals surface area contributed by atoms with Gasteiger partial charge in [0.25, 0.3) is 5.91 Å². The number of nitrogens with zero attached hydrogens (tertiary/aromatic N) is 3. The molecule has 1 amide bonds. The van der Waals surface area contributed by atoms with Crippen LogP contribution in [-0.2, 0) is 0 Å². The van der Waals surface area contributed by atoms with Crippen molar-refractivity contribution in [2.24, 2.45) is 0 Å². The van der Waals surface area contributed by atoms with E-state index < -0.39 is 6.10 Å². The number of carbonyl (C=O) groups excluding carboxylic acids is 1. The Morgan fingerprint density at radius 1 is 1.43 bits per heavy atom. The summed E-state index contributed by atoms with van der Waals surface area (Å²) in [6, 6.07) is 5.80. The summed E-state index contributed by atoms with van der Waals surface area (Å²) >= 11 is 1.12. The lowest BCUT2D eigenvalue weighted by atomic mass is 10.1. The van der Waals surface area contributed by atoms with Gasteiger partial charge in [-0.3, -0.25) is 4.79 Å². The molecule has 5 nitrogen and oxygen atoms in total. The van der Waals surface area contributed by atoms with Gasteiger partial charge in [-0.25, -0.2) is 4.39 Å². The topological polar surface area (TPSA) is 66.3 Å². The van der Waals surface area contributed by atoms with Crippen LogP contribution in [0, 0.1) is 5.82 Å². The molecule has 2 aromatic rings. The van der Waals surface area contributed by atoms with Crippen LogP contribution < -0.4 is 0 Å². The molecule has 0 radical (unpaired) electrons. The van der Waals surface area contributed by atoms with Gasteiger partial charge in [0.2, 0.25) is 0 Å². The number of hydrogen-bond acceptors (Lipinski definition) is 5. The number of benzene rings is 1. The van der Waals surface area contributed by atoms with Gasteiger partial charge in [0, 0.05) is 11.4 Å². The molecule has 1 saturated carbocycles. The summed E-state index contributed by atoms with van der Waals surface area (Å²) in [5.41, 5.74) is 0.893. The van der Waals surface area contributed by atoms with Crippen molar-refractivity contribution in [3.05, 3.63) is 46.7 Å². The SMILES string of the molecule is O=C(c1csnn1)N(CC(O)c1ccc(F)cc1)C1CC1. The number of hydrogen-bond donors (Lipinski definition) is 1. The zero-order valence-electron chi connectivity index (χ0n) is 11.1. The van der Waals surface area contributed by atoms with Gasteiger partial charge < -0.3 is 10.0 Å². The normalized spacial score (nSPS) is 15.7. The first kappa shape index (κ1) is 14.1. The minimum atomic E-state index is -0.846. The van der Waals surface area contributed by atoms with E-state index in [4.69, 9.17) is 0 Å². The molecule has 1 aromatic carbocycles. The van der Waals surface area contributed by atoms with Crippen LogP contribution in [0.4, 0.5) is 4.39 Å². The highest BCUT2D eigenvalue weighted by atomic mass is 32.1. The lowest BCUT2D eigenvalue weighted by Gasteiger charge is -2.24. The second-order valence-electron chi connectivity index (χ2n) is 5.05. The summed E-state index contributed by atoms with van der Waals surface area (Å²) in [5.74, 6) is -0.568. The molecule has 1 aliphatic carbocycles. The third-order valence-corrected chi connectivity index (χ3v) is 3.96. The molecule has 7 heteroatoms. The summed E-state index contributed by atoms with van der Waals surface area (Å²) in [5, 5.41) is 15.6. The largest absolute Gasteiger partial charge is 0.387 e. The van der Waals surface area contributed by atoms with E-state index in [0.29, 0.717) is 11.3 Å². The number of rotatable bonds is 5. The van der Waals surface area contributed by atoms with Gasteiger partial charge in [0.1, 0.15) is 5.82 Å². The van der Waals surface area contributed by atoms with Crippen LogP contribution in [-0.4, -0.2) is 38.1 Å². The maximum absolute atomic E-state index is 12.9. The molecule has 3 rings (SSSR count). The molecule has 0 aliphatic heterocycles. The molecule has 1 fully saturated rings. The quantitative estimate of drug-likeness (QED) is 0.917. The molecule has 1 aromatic heterocycles. The number of aliphatic hydroxyl groups is 1. The second-order valence-corrected chi connectivity index (χ2v) is 5.66. The van der Waals surface area contributed by atoms with E-state index in [0.717, 1.165) is 24.4 Å². The van der Waals surface area contributed by atoms with Crippen LogP contribution in [0.1, 0.15) is 35.0 Å². The van der Waals surface area contributed by atoms with Crippen LogP contribution in [0.25, 0.3) is 0 Å². The standard InChI is InChI=1S/C14H14FN3O2S/c15-10-3-1-9(2-4-10)13(19)7-18(11-5-6-11)14(20)12-8-21-17-16-12/h1-4,8,11,13,19H,5-7H2. The van der Waals surface area contributed by atoms with Gasteiger partial charge in [-0.2, -0.15) is 0 Å². The number of aromatic nitrogens is 2. The number of amides is 1. The third kappa shape index (κ3) is 3.25.